The van der Waals surface area contributed by atoms with E-state index in [4.69, 9.17) is 17.3 Å². The molecule has 1 aromatic carbocycles. The molecule has 0 fully saturated rings. The number of nitrogens with one attached hydrogen (secondary N) is 1. The molecule has 3 N–H and O–H groups in total. The van der Waals surface area contributed by atoms with E-state index in [1.165, 1.54) is 5.56 Å². The summed E-state index contributed by atoms with van der Waals surface area (Å²) < 4.78 is 0. The zero-order chi connectivity index (χ0) is 12.8. The van der Waals surface area contributed by atoms with Gasteiger partial charge in [-0.2, -0.15) is 15.0 Å². The van der Waals surface area contributed by atoms with Gasteiger partial charge in [0.05, 0.1) is 5.88 Å². The summed E-state index contributed by atoms with van der Waals surface area (Å²) in [5, 5.41) is 3.11. The van der Waals surface area contributed by atoms with Crippen LogP contribution in [0.15, 0.2) is 30.3 Å². The number of hydrogen-bond acceptors (Lipinski definition) is 5. The summed E-state index contributed by atoms with van der Waals surface area (Å²) in [6.45, 7) is 0.731. The first-order chi connectivity index (χ1) is 8.78. The minimum atomic E-state index is 0.183. The number of rotatable bonds is 5. The average molecular weight is 264 g/mol. The van der Waals surface area contributed by atoms with Crippen molar-refractivity contribution in [1.29, 1.82) is 0 Å². The Hall–Kier alpha value is -1.88. The van der Waals surface area contributed by atoms with Gasteiger partial charge in [-0.25, -0.2) is 0 Å². The monoisotopic (exact) mass is 263 g/mol. The zero-order valence-corrected chi connectivity index (χ0v) is 10.6. The number of halogens is 1. The second-order valence-electron chi connectivity index (χ2n) is 3.73. The lowest BCUT2D eigenvalue weighted by molar-refractivity contribution is 0.933. The molecule has 1 heterocycles. The molecule has 94 valence electrons. The third-order valence-corrected chi connectivity index (χ3v) is 2.60. The number of nitrogens with zero attached hydrogens (tertiary/aromatic N) is 3. The van der Waals surface area contributed by atoms with Crippen LogP contribution >= 0.6 is 11.6 Å². The highest BCUT2D eigenvalue weighted by Gasteiger charge is 2.02. The molecule has 18 heavy (non-hydrogen) atoms. The number of benzene rings is 1. The minimum absolute atomic E-state index is 0.183. The molecule has 2 aromatic rings. The van der Waals surface area contributed by atoms with Gasteiger partial charge in [0.2, 0.25) is 11.9 Å². The van der Waals surface area contributed by atoms with E-state index in [0.717, 1.165) is 13.0 Å². The first-order valence-corrected chi connectivity index (χ1v) is 6.15. The van der Waals surface area contributed by atoms with Crippen molar-refractivity contribution < 1.29 is 0 Å². The molecule has 0 atom stereocenters. The molecule has 0 saturated heterocycles. The average Bonchev–Trinajstić information content (AvgIpc) is 2.39. The van der Waals surface area contributed by atoms with Gasteiger partial charge in [0.25, 0.3) is 0 Å². The Morgan fingerprint density at radius 3 is 2.61 bits per heavy atom. The van der Waals surface area contributed by atoms with Gasteiger partial charge in [-0.1, -0.05) is 30.3 Å². The maximum Gasteiger partial charge on any atom is 0.227 e. The summed E-state index contributed by atoms with van der Waals surface area (Å²) in [5.74, 6) is 1.35. The van der Waals surface area contributed by atoms with Crippen LogP contribution in [0.4, 0.5) is 11.9 Å². The number of anilines is 2. The molecule has 0 aliphatic heterocycles. The number of hydrogen-bond donors (Lipinski definition) is 2. The lowest BCUT2D eigenvalue weighted by Crippen LogP contribution is -2.11. The third kappa shape index (κ3) is 3.56. The van der Waals surface area contributed by atoms with Crippen molar-refractivity contribution in [2.24, 2.45) is 0 Å². The van der Waals surface area contributed by atoms with Crippen molar-refractivity contribution in [1.82, 2.24) is 15.0 Å². The summed E-state index contributed by atoms with van der Waals surface area (Å²) in [6, 6.07) is 10.2. The number of alkyl halides is 1. The lowest BCUT2D eigenvalue weighted by Gasteiger charge is -2.06. The Balaban J connectivity index is 1.92. The Morgan fingerprint density at radius 2 is 1.89 bits per heavy atom. The second-order valence-corrected chi connectivity index (χ2v) is 4.00. The molecule has 0 unspecified atom stereocenters. The van der Waals surface area contributed by atoms with Gasteiger partial charge < -0.3 is 11.1 Å². The van der Waals surface area contributed by atoms with Crippen LogP contribution in [0.2, 0.25) is 0 Å². The smallest absolute Gasteiger partial charge is 0.227 e. The van der Waals surface area contributed by atoms with Crippen molar-refractivity contribution in [2.45, 2.75) is 12.3 Å². The molecule has 0 saturated carbocycles. The molecule has 5 nitrogen and oxygen atoms in total. The van der Waals surface area contributed by atoms with Gasteiger partial charge in [-0.05, 0) is 12.0 Å². The van der Waals surface area contributed by atoms with Crippen LogP contribution in [0.5, 0.6) is 0 Å². The molecule has 0 radical (unpaired) electrons. The summed E-state index contributed by atoms with van der Waals surface area (Å²) in [6.07, 6.45) is 0.892. The van der Waals surface area contributed by atoms with E-state index in [0.29, 0.717) is 11.8 Å². The van der Waals surface area contributed by atoms with E-state index in [1.807, 2.05) is 18.2 Å². The molecule has 0 aliphatic rings. The SMILES string of the molecule is Nc1nc(CCl)nc(NCCc2ccccc2)n1. The van der Waals surface area contributed by atoms with Crippen molar-refractivity contribution in [3.05, 3.63) is 41.7 Å². The minimum Gasteiger partial charge on any atom is -0.368 e. The first kappa shape index (κ1) is 12.6. The summed E-state index contributed by atoms with van der Waals surface area (Å²) in [4.78, 5) is 12.0. The Labute approximate surface area is 110 Å². The van der Waals surface area contributed by atoms with Gasteiger partial charge in [-0.15, -0.1) is 11.6 Å². The lowest BCUT2D eigenvalue weighted by atomic mass is 10.1. The Bertz CT molecular complexity index is 503. The molecule has 6 heteroatoms. The molecule has 0 aliphatic carbocycles. The highest BCUT2D eigenvalue weighted by Crippen LogP contribution is 2.05. The van der Waals surface area contributed by atoms with E-state index in [-0.39, 0.29) is 11.8 Å². The van der Waals surface area contributed by atoms with Gasteiger partial charge in [0, 0.05) is 6.54 Å². The molecular formula is C12H14ClN5. The molecule has 2 rings (SSSR count). The highest BCUT2D eigenvalue weighted by atomic mass is 35.5. The predicted molar refractivity (Wildman–Crippen MR) is 72.4 cm³/mol. The normalized spacial score (nSPS) is 10.3. The van der Waals surface area contributed by atoms with Crippen LogP contribution in [-0.2, 0) is 12.3 Å². The van der Waals surface area contributed by atoms with Crippen LogP contribution < -0.4 is 11.1 Å². The fraction of sp³-hybridized carbons (Fsp3) is 0.250. The van der Waals surface area contributed by atoms with Gasteiger partial charge in [-0.3, -0.25) is 0 Å². The summed E-state index contributed by atoms with van der Waals surface area (Å²) in [7, 11) is 0. The fourth-order valence-corrected chi connectivity index (χ4v) is 1.66. The Morgan fingerprint density at radius 1 is 1.11 bits per heavy atom. The van der Waals surface area contributed by atoms with E-state index in [1.54, 1.807) is 0 Å². The standard InChI is InChI=1S/C12H14ClN5/c13-8-10-16-11(14)18-12(17-10)15-7-6-9-4-2-1-3-5-9/h1-5H,6-8H2,(H3,14,15,16,17,18). The van der Waals surface area contributed by atoms with E-state index >= 15 is 0 Å². The van der Waals surface area contributed by atoms with Crippen LogP contribution in [0, 0.1) is 0 Å². The topological polar surface area (TPSA) is 76.7 Å². The second kappa shape index (κ2) is 6.16. The van der Waals surface area contributed by atoms with Gasteiger partial charge >= 0.3 is 0 Å². The van der Waals surface area contributed by atoms with Crippen molar-refractivity contribution in [3.8, 4) is 0 Å². The summed E-state index contributed by atoms with van der Waals surface area (Å²) in [5.41, 5.74) is 6.81. The molecule has 1 aromatic heterocycles. The number of nitrogen functional groups attached to an aromatic ring is 1. The van der Waals surface area contributed by atoms with E-state index in [2.05, 4.69) is 32.4 Å². The first-order valence-electron chi connectivity index (χ1n) is 5.62. The van der Waals surface area contributed by atoms with E-state index < -0.39 is 0 Å². The number of nitrogens with two attached hydrogens (primary N) is 1. The molecule has 0 bridgehead atoms. The quantitative estimate of drug-likeness (QED) is 0.805. The molecular weight excluding hydrogens is 250 g/mol. The maximum atomic E-state index is 5.66. The largest absolute Gasteiger partial charge is 0.368 e. The van der Waals surface area contributed by atoms with E-state index in [9.17, 15) is 0 Å². The van der Waals surface area contributed by atoms with Crippen molar-refractivity contribution in [2.75, 3.05) is 17.6 Å². The Kier molecular flexibility index (Phi) is 4.30. The highest BCUT2D eigenvalue weighted by molar-refractivity contribution is 6.16. The van der Waals surface area contributed by atoms with Crippen molar-refractivity contribution in [3.63, 3.8) is 0 Å². The van der Waals surface area contributed by atoms with Crippen molar-refractivity contribution >= 4 is 23.5 Å². The van der Waals surface area contributed by atoms with Gasteiger partial charge in [0.1, 0.15) is 0 Å². The molecule has 0 spiro atoms. The zero-order valence-electron chi connectivity index (χ0n) is 9.81. The van der Waals surface area contributed by atoms with Crippen LogP contribution in [0.3, 0.4) is 0 Å². The van der Waals surface area contributed by atoms with Crippen LogP contribution in [0.25, 0.3) is 0 Å². The summed E-state index contributed by atoms with van der Waals surface area (Å²) >= 11 is 5.66. The molecule has 0 amide bonds. The number of aromatic nitrogens is 3. The maximum absolute atomic E-state index is 5.66. The predicted octanol–water partition coefficient (Wildman–Crippen LogP) is 1.85. The third-order valence-electron chi connectivity index (χ3n) is 2.36. The van der Waals surface area contributed by atoms with Crippen LogP contribution in [0.1, 0.15) is 11.4 Å². The van der Waals surface area contributed by atoms with Gasteiger partial charge in [0.15, 0.2) is 5.82 Å². The van der Waals surface area contributed by atoms with Crippen LogP contribution in [-0.4, -0.2) is 21.5 Å². The fourth-order valence-electron chi connectivity index (χ4n) is 1.54.